The number of nitrogens with zero attached hydrogens (tertiary/aromatic N) is 2. The van der Waals surface area contributed by atoms with E-state index < -0.39 is 16.1 Å². The summed E-state index contributed by atoms with van der Waals surface area (Å²) in [6.07, 6.45) is 5.72. The number of amides is 2. The lowest BCUT2D eigenvalue weighted by atomic mass is 10.1. The predicted molar refractivity (Wildman–Crippen MR) is 149 cm³/mol. The molecule has 37 heavy (non-hydrogen) atoms. The smallest absolute Gasteiger partial charge is 0.242 e. The van der Waals surface area contributed by atoms with E-state index in [0.29, 0.717) is 17.1 Å². The number of aryl methyl sites for hydroxylation is 2. The molecule has 0 aliphatic heterocycles. The zero-order valence-electron chi connectivity index (χ0n) is 22.2. The highest BCUT2D eigenvalue weighted by atomic mass is 35.5. The summed E-state index contributed by atoms with van der Waals surface area (Å²) in [6, 6.07) is 12.4. The van der Waals surface area contributed by atoms with Crippen molar-refractivity contribution in [2.75, 3.05) is 17.1 Å². The molecule has 1 aliphatic rings. The summed E-state index contributed by atoms with van der Waals surface area (Å²) < 4.78 is 26.6. The van der Waals surface area contributed by atoms with E-state index in [1.54, 1.807) is 24.0 Å². The zero-order chi connectivity index (χ0) is 27.2. The molecule has 1 N–H and O–H groups in total. The van der Waals surface area contributed by atoms with Crippen LogP contribution >= 0.6 is 11.6 Å². The molecule has 0 unspecified atom stereocenters. The standard InChI is InChI=1S/C28H38ClN3O4S/c1-20-14-15-21(2)26(17-20)32(37(4,35)36)16-8-13-27(33)31(19-23-9-7-10-24(29)18-23)22(3)28(34)30-25-11-5-6-12-25/h7,9-10,14-15,17-18,22,25H,5-6,8,11-13,16,19H2,1-4H3,(H,30,34)/t22-/m0/s1. The minimum Gasteiger partial charge on any atom is -0.352 e. The average Bonchev–Trinajstić information content (AvgIpc) is 3.34. The number of hydrogen-bond donors (Lipinski definition) is 1. The van der Waals surface area contributed by atoms with Gasteiger partial charge in [-0.2, -0.15) is 0 Å². The van der Waals surface area contributed by atoms with Crippen LogP contribution in [0.5, 0.6) is 0 Å². The highest BCUT2D eigenvalue weighted by Crippen LogP contribution is 2.25. The third kappa shape index (κ3) is 8.20. The van der Waals surface area contributed by atoms with Gasteiger partial charge in [0.05, 0.1) is 11.9 Å². The Bertz CT molecular complexity index is 1210. The van der Waals surface area contributed by atoms with Gasteiger partial charge < -0.3 is 10.2 Å². The van der Waals surface area contributed by atoms with Crippen LogP contribution in [-0.4, -0.2) is 50.0 Å². The molecule has 0 aromatic heterocycles. The van der Waals surface area contributed by atoms with Crippen LogP contribution in [0.1, 0.15) is 62.1 Å². The molecule has 0 heterocycles. The second-order valence-corrected chi connectivity index (χ2v) is 12.4. The molecule has 2 aromatic rings. The molecule has 0 bridgehead atoms. The zero-order valence-corrected chi connectivity index (χ0v) is 23.7. The van der Waals surface area contributed by atoms with Crippen molar-refractivity contribution in [3.63, 3.8) is 0 Å². The van der Waals surface area contributed by atoms with Crippen molar-refractivity contribution in [3.05, 3.63) is 64.2 Å². The SMILES string of the molecule is Cc1ccc(C)c(N(CCCC(=O)N(Cc2cccc(Cl)c2)[C@@H](C)C(=O)NC2CCCC2)S(C)(=O)=O)c1. The number of hydrogen-bond acceptors (Lipinski definition) is 4. The molecule has 1 saturated carbocycles. The van der Waals surface area contributed by atoms with Gasteiger partial charge >= 0.3 is 0 Å². The Balaban J connectivity index is 1.74. The first-order valence-electron chi connectivity index (χ1n) is 12.8. The van der Waals surface area contributed by atoms with Crippen molar-refractivity contribution in [2.24, 2.45) is 0 Å². The second kappa shape index (κ2) is 12.8. The summed E-state index contributed by atoms with van der Waals surface area (Å²) in [4.78, 5) is 28.1. The van der Waals surface area contributed by atoms with Gasteiger partial charge in [0.25, 0.3) is 0 Å². The Morgan fingerprint density at radius 2 is 1.81 bits per heavy atom. The second-order valence-electron chi connectivity index (χ2n) is 10.0. The van der Waals surface area contributed by atoms with Crippen molar-refractivity contribution in [1.82, 2.24) is 10.2 Å². The molecule has 0 saturated heterocycles. The number of benzene rings is 2. The molecule has 0 radical (unpaired) electrons. The van der Waals surface area contributed by atoms with E-state index in [1.807, 2.05) is 44.2 Å². The fourth-order valence-corrected chi connectivity index (χ4v) is 6.00. The summed E-state index contributed by atoms with van der Waals surface area (Å²) in [6.45, 7) is 5.94. The first-order valence-corrected chi connectivity index (χ1v) is 15.1. The van der Waals surface area contributed by atoms with Gasteiger partial charge in [-0.3, -0.25) is 13.9 Å². The maximum absolute atomic E-state index is 13.4. The number of sulfonamides is 1. The van der Waals surface area contributed by atoms with E-state index in [2.05, 4.69) is 5.32 Å². The molecule has 3 rings (SSSR count). The first-order chi connectivity index (χ1) is 17.5. The molecule has 202 valence electrons. The highest BCUT2D eigenvalue weighted by molar-refractivity contribution is 7.92. The minimum atomic E-state index is -3.54. The molecule has 1 fully saturated rings. The normalized spacial score (nSPS) is 14.8. The summed E-state index contributed by atoms with van der Waals surface area (Å²) in [7, 11) is -3.54. The average molecular weight is 548 g/mol. The van der Waals surface area contributed by atoms with Gasteiger partial charge in [0, 0.05) is 30.6 Å². The van der Waals surface area contributed by atoms with Gasteiger partial charge in [-0.15, -0.1) is 0 Å². The fraction of sp³-hybridized carbons (Fsp3) is 0.500. The number of anilines is 1. The molecule has 2 amide bonds. The quantitative estimate of drug-likeness (QED) is 0.430. The topological polar surface area (TPSA) is 86.8 Å². The van der Waals surface area contributed by atoms with Gasteiger partial charge in [0.2, 0.25) is 21.8 Å². The van der Waals surface area contributed by atoms with Gasteiger partial charge in [-0.05, 0) is 74.9 Å². The van der Waals surface area contributed by atoms with E-state index in [4.69, 9.17) is 11.6 Å². The van der Waals surface area contributed by atoms with Gasteiger partial charge in [-0.25, -0.2) is 8.42 Å². The lowest BCUT2D eigenvalue weighted by molar-refractivity contribution is -0.141. The van der Waals surface area contributed by atoms with E-state index in [-0.39, 0.29) is 37.4 Å². The third-order valence-electron chi connectivity index (χ3n) is 6.90. The van der Waals surface area contributed by atoms with Crippen molar-refractivity contribution in [1.29, 1.82) is 0 Å². The molecule has 9 heteroatoms. The molecular weight excluding hydrogens is 510 g/mol. The number of carbonyl (C=O) groups excluding carboxylic acids is 2. The Kier molecular flexibility index (Phi) is 10.0. The lowest BCUT2D eigenvalue weighted by Gasteiger charge is -2.30. The van der Waals surface area contributed by atoms with Crippen LogP contribution in [0, 0.1) is 13.8 Å². The third-order valence-corrected chi connectivity index (χ3v) is 8.31. The maximum atomic E-state index is 13.4. The number of halogens is 1. The highest BCUT2D eigenvalue weighted by Gasteiger charge is 2.29. The van der Waals surface area contributed by atoms with Gasteiger partial charge in [-0.1, -0.05) is 48.7 Å². The van der Waals surface area contributed by atoms with Gasteiger partial charge in [0.15, 0.2) is 0 Å². The number of rotatable bonds is 11. The van der Waals surface area contributed by atoms with Crippen LogP contribution in [0.3, 0.4) is 0 Å². The maximum Gasteiger partial charge on any atom is 0.242 e. The Labute approximate surface area is 226 Å². The largest absolute Gasteiger partial charge is 0.352 e. The van der Waals surface area contributed by atoms with E-state index >= 15 is 0 Å². The summed E-state index contributed by atoms with van der Waals surface area (Å²) in [5, 5.41) is 3.65. The van der Waals surface area contributed by atoms with Crippen LogP contribution in [-0.2, 0) is 26.2 Å². The van der Waals surface area contributed by atoms with Crippen LogP contribution in [0.25, 0.3) is 0 Å². The van der Waals surface area contributed by atoms with E-state index in [0.717, 1.165) is 42.4 Å². The first kappa shape index (κ1) is 29.0. The van der Waals surface area contributed by atoms with E-state index in [1.165, 1.54) is 10.6 Å². The molecule has 1 atom stereocenters. The number of carbonyl (C=O) groups is 2. The molecule has 0 spiro atoms. The Morgan fingerprint density at radius 3 is 2.46 bits per heavy atom. The Morgan fingerprint density at radius 1 is 1.11 bits per heavy atom. The Hall–Kier alpha value is -2.58. The molecular formula is C28H38ClN3O4S. The summed E-state index contributed by atoms with van der Waals surface area (Å²) in [5.74, 6) is -0.376. The van der Waals surface area contributed by atoms with Crippen molar-refractivity contribution in [2.45, 2.75) is 77.9 Å². The fourth-order valence-electron chi connectivity index (χ4n) is 4.78. The summed E-state index contributed by atoms with van der Waals surface area (Å²) >= 11 is 6.16. The molecule has 7 nitrogen and oxygen atoms in total. The van der Waals surface area contributed by atoms with E-state index in [9.17, 15) is 18.0 Å². The number of nitrogens with one attached hydrogen (secondary N) is 1. The van der Waals surface area contributed by atoms with Crippen LogP contribution < -0.4 is 9.62 Å². The van der Waals surface area contributed by atoms with Crippen molar-refractivity contribution < 1.29 is 18.0 Å². The molecule has 2 aromatic carbocycles. The van der Waals surface area contributed by atoms with Crippen molar-refractivity contribution in [3.8, 4) is 0 Å². The van der Waals surface area contributed by atoms with Crippen LogP contribution in [0.4, 0.5) is 5.69 Å². The monoisotopic (exact) mass is 547 g/mol. The minimum absolute atomic E-state index is 0.110. The summed E-state index contributed by atoms with van der Waals surface area (Å²) in [5.41, 5.74) is 3.26. The van der Waals surface area contributed by atoms with Crippen LogP contribution in [0.15, 0.2) is 42.5 Å². The predicted octanol–water partition coefficient (Wildman–Crippen LogP) is 4.98. The van der Waals surface area contributed by atoms with Crippen molar-refractivity contribution >= 4 is 39.1 Å². The van der Waals surface area contributed by atoms with Crippen LogP contribution in [0.2, 0.25) is 5.02 Å². The van der Waals surface area contributed by atoms with Gasteiger partial charge in [0.1, 0.15) is 6.04 Å². The molecule has 1 aliphatic carbocycles. The lowest BCUT2D eigenvalue weighted by Crippen LogP contribution is -2.49.